The number of carbonyl (C=O) groups is 1. The second-order valence-electron chi connectivity index (χ2n) is 5.11. The molecule has 0 saturated carbocycles. The Morgan fingerprint density at radius 2 is 2.32 bits per heavy atom. The molecular formula is C12H15Cl2NO3S. The molecule has 1 aromatic rings. The van der Waals surface area contributed by atoms with Gasteiger partial charge in [-0.05, 0) is 19.9 Å². The van der Waals surface area contributed by atoms with Gasteiger partial charge in [-0.3, -0.25) is 4.79 Å². The minimum atomic E-state index is -0.492. The SMILES string of the molecule is CC1(C)CN(C(=O)c2cc(Cl)sc2Cl)CC(CO)O1. The molecular weight excluding hydrogens is 309 g/mol. The fourth-order valence-corrected chi connectivity index (χ4v) is 3.65. The Labute approximate surface area is 125 Å². The van der Waals surface area contributed by atoms with Crippen molar-refractivity contribution in [3.8, 4) is 0 Å². The highest BCUT2D eigenvalue weighted by atomic mass is 35.5. The van der Waals surface area contributed by atoms with E-state index in [0.29, 0.717) is 27.3 Å². The molecule has 7 heteroatoms. The van der Waals surface area contributed by atoms with Crippen molar-refractivity contribution in [3.63, 3.8) is 0 Å². The Kier molecular flexibility index (Phi) is 4.42. The maximum absolute atomic E-state index is 12.4. The molecule has 1 atom stereocenters. The van der Waals surface area contributed by atoms with E-state index < -0.39 is 5.60 Å². The summed E-state index contributed by atoms with van der Waals surface area (Å²) < 4.78 is 6.55. The van der Waals surface area contributed by atoms with Crippen LogP contribution in [-0.4, -0.2) is 47.3 Å². The van der Waals surface area contributed by atoms with Gasteiger partial charge in [0.05, 0.1) is 28.2 Å². The number of rotatable bonds is 2. The lowest BCUT2D eigenvalue weighted by Crippen LogP contribution is -2.55. The summed E-state index contributed by atoms with van der Waals surface area (Å²) in [4.78, 5) is 14.1. The summed E-state index contributed by atoms with van der Waals surface area (Å²) >= 11 is 13.0. The Morgan fingerprint density at radius 3 is 2.84 bits per heavy atom. The Bertz CT molecular complexity index is 489. The predicted octanol–water partition coefficient (Wildman–Crippen LogP) is 2.67. The Balaban J connectivity index is 2.21. The van der Waals surface area contributed by atoms with Gasteiger partial charge < -0.3 is 14.7 Å². The molecule has 1 unspecified atom stereocenters. The van der Waals surface area contributed by atoms with Gasteiger partial charge in [-0.25, -0.2) is 0 Å². The molecule has 0 aromatic carbocycles. The standard InChI is InChI=1S/C12H15Cl2NO3S/c1-12(2)6-15(4-7(5-16)18-12)11(17)8-3-9(13)19-10(8)14/h3,7,16H,4-6H2,1-2H3. The molecule has 1 aliphatic rings. The van der Waals surface area contributed by atoms with Crippen LogP contribution >= 0.6 is 34.5 Å². The summed E-state index contributed by atoms with van der Waals surface area (Å²) in [7, 11) is 0. The van der Waals surface area contributed by atoms with Crippen LogP contribution in [0.3, 0.4) is 0 Å². The van der Waals surface area contributed by atoms with Crippen LogP contribution in [0.15, 0.2) is 6.07 Å². The van der Waals surface area contributed by atoms with E-state index in [4.69, 9.17) is 27.9 Å². The van der Waals surface area contributed by atoms with Crippen LogP contribution in [0.2, 0.25) is 8.67 Å². The zero-order valence-electron chi connectivity index (χ0n) is 10.7. The first kappa shape index (κ1) is 15.1. The van der Waals surface area contributed by atoms with Crippen LogP contribution in [0.5, 0.6) is 0 Å². The number of nitrogens with zero attached hydrogens (tertiary/aromatic N) is 1. The molecule has 1 aliphatic heterocycles. The molecule has 0 radical (unpaired) electrons. The summed E-state index contributed by atoms with van der Waals surface area (Å²) in [5.74, 6) is -0.178. The van der Waals surface area contributed by atoms with Crippen LogP contribution < -0.4 is 0 Å². The van der Waals surface area contributed by atoms with Gasteiger partial charge in [-0.15, -0.1) is 11.3 Å². The Morgan fingerprint density at radius 1 is 1.63 bits per heavy atom. The van der Waals surface area contributed by atoms with Crippen molar-refractivity contribution in [2.24, 2.45) is 0 Å². The number of ether oxygens (including phenoxy) is 1. The van der Waals surface area contributed by atoms with Gasteiger partial charge in [0.25, 0.3) is 5.91 Å². The van der Waals surface area contributed by atoms with E-state index in [0.717, 1.165) is 0 Å². The monoisotopic (exact) mass is 323 g/mol. The van der Waals surface area contributed by atoms with E-state index in [9.17, 15) is 9.90 Å². The minimum absolute atomic E-state index is 0.120. The largest absolute Gasteiger partial charge is 0.394 e. The van der Waals surface area contributed by atoms with E-state index in [2.05, 4.69) is 0 Å². The van der Waals surface area contributed by atoms with Crippen molar-refractivity contribution in [1.29, 1.82) is 0 Å². The average molecular weight is 324 g/mol. The van der Waals surface area contributed by atoms with Crippen LogP contribution in [0.25, 0.3) is 0 Å². The molecule has 1 amide bonds. The molecule has 106 valence electrons. The number of aliphatic hydroxyl groups is 1. The maximum Gasteiger partial charge on any atom is 0.256 e. The van der Waals surface area contributed by atoms with Crippen molar-refractivity contribution in [1.82, 2.24) is 4.90 Å². The third-order valence-corrected chi connectivity index (χ3v) is 4.35. The van der Waals surface area contributed by atoms with Crippen LogP contribution in [0, 0.1) is 0 Å². The number of morpholine rings is 1. The number of thiophene rings is 1. The molecule has 0 bridgehead atoms. The molecule has 2 heterocycles. The lowest BCUT2D eigenvalue weighted by Gasteiger charge is -2.42. The number of aliphatic hydroxyl groups excluding tert-OH is 1. The molecule has 0 spiro atoms. The summed E-state index contributed by atoms with van der Waals surface area (Å²) in [6, 6.07) is 1.58. The highest BCUT2D eigenvalue weighted by Gasteiger charge is 2.36. The lowest BCUT2D eigenvalue weighted by atomic mass is 10.0. The highest BCUT2D eigenvalue weighted by Crippen LogP contribution is 2.33. The molecule has 1 saturated heterocycles. The zero-order valence-corrected chi connectivity index (χ0v) is 13.0. The number of amides is 1. The van der Waals surface area contributed by atoms with Gasteiger partial charge in [0.2, 0.25) is 0 Å². The molecule has 1 fully saturated rings. The molecule has 0 aliphatic carbocycles. The van der Waals surface area contributed by atoms with Gasteiger partial charge >= 0.3 is 0 Å². The van der Waals surface area contributed by atoms with E-state index in [1.165, 1.54) is 11.3 Å². The zero-order chi connectivity index (χ0) is 14.2. The van der Waals surface area contributed by atoms with E-state index in [-0.39, 0.29) is 18.6 Å². The first-order valence-corrected chi connectivity index (χ1v) is 7.42. The Hall–Kier alpha value is -0.330. The predicted molar refractivity (Wildman–Crippen MR) is 76.3 cm³/mol. The smallest absolute Gasteiger partial charge is 0.256 e. The summed E-state index contributed by atoms with van der Waals surface area (Å²) in [5, 5.41) is 9.24. The van der Waals surface area contributed by atoms with Gasteiger partial charge in [-0.1, -0.05) is 23.2 Å². The fourth-order valence-electron chi connectivity index (χ4n) is 2.20. The molecule has 1 N–H and O–H groups in total. The average Bonchev–Trinajstić information content (AvgIpc) is 2.65. The summed E-state index contributed by atoms with van der Waals surface area (Å²) in [6.07, 6.45) is -0.374. The summed E-state index contributed by atoms with van der Waals surface area (Å²) in [6.45, 7) is 4.45. The van der Waals surface area contributed by atoms with Crippen LogP contribution in [0.4, 0.5) is 0 Å². The molecule has 4 nitrogen and oxygen atoms in total. The summed E-state index contributed by atoms with van der Waals surface area (Å²) in [5.41, 5.74) is -0.0841. The number of carbonyl (C=O) groups excluding carboxylic acids is 1. The second-order valence-corrected chi connectivity index (χ2v) is 7.39. The van der Waals surface area contributed by atoms with E-state index in [1.54, 1.807) is 11.0 Å². The third-order valence-electron chi connectivity index (χ3n) is 2.86. The number of hydrogen-bond donors (Lipinski definition) is 1. The van der Waals surface area contributed by atoms with Crippen molar-refractivity contribution in [2.75, 3.05) is 19.7 Å². The van der Waals surface area contributed by atoms with Crippen molar-refractivity contribution < 1.29 is 14.6 Å². The minimum Gasteiger partial charge on any atom is -0.394 e. The topological polar surface area (TPSA) is 49.8 Å². The van der Waals surface area contributed by atoms with E-state index >= 15 is 0 Å². The second kappa shape index (κ2) is 5.58. The van der Waals surface area contributed by atoms with Crippen molar-refractivity contribution in [2.45, 2.75) is 25.6 Å². The van der Waals surface area contributed by atoms with Crippen LogP contribution in [0.1, 0.15) is 24.2 Å². The van der Waals surface area contributed by atoms with Gasteiger partial charge in [-0.2, -0.15) is 0 Å². The quantitative estimate of drug-likeness (QED) is 0.910. The normalized spacial score (nSPS) is 22.6. The number of hydrogen-bond acceptors (Lipinski definition) is 4. The first-order valence-electron chi connectivity index (χ1n) is 5.85. The first-order chi connectivity index (χ1) is 8.82. The molecule has 19 heavy (non-hydrogen) atoms. The van der Waals surface area contributed by atoms with Gasteiger partial charge in [0.1, 0.15) is 4.34 Å². The third kappa shape index (κ3) is 3.41. The van der Waals surface area contributed by atoms with Gasteiger partial charge in [0.15, 0.2) is 0 Å². The maximum atomic E-state index is 12.4. The van der Waals surface area contributed by atoms with Gasteiger partial charge in [0, 0.05) is 13.1 Å². The van der Waals surface area contributed by atoms with E-state index in [1.807, 2.05) is 13.8 Å². The molecule has 2 rings (SSSR count). The lowest BCUT2D eigenvalue weighted by molar-refractivity contribution is -0.139. The van der Waals surface area contributed by atoms with Crippen molar-refractivity contribution >= 4 is 40.4 Å². The highest BCUT2D eigenvalue weighted by molar-refractivity contribution is 7.20. The van der Waals surface area contributed by atoms with Crippen LogP contribution in [-0.2, 0) is 4.74 Å². The molecule has 1 aromatic heterocycles. The number of halogens is 2. The van der Waals surface area contributed by atoms with Crippen molar-refractivity contribution in [3.05, 3.63) is 20.3 Å². The fraction of sp³-hybridized carbons (Fsp3) is 0.583.